The lowest BCUT2D eigenvalue weighted by atomic mass is 10.0. The maximum absolute atomic E-state index is 12.7. The van der Waals surface area contributed by atoms with Gasteiger partial charge in [-0.2, -0.15) is 0 Å². The van der Waals surface area contributed by atoms with Gasteiger partial charge in [-0.15, -0.1) is 0 Å². The zero-order valence-electron chi connectivity index (χ0n) is 14.7. The Hall–Kier alpha value is -2.78. The number of benzene rings is 2. The number of nitro groups is 1. The van der Waals surface area contributed by atoms with Crippen molar-refractivity contribution in [3.05, 3.63) is 69.8 Å². The molecule has 1 atom stereocenters. The zero-order chi connectivity index (χ0) is 20.0. The lowest BCUT2D eigenvalue weighted by Gasteiger charge is -2.18. The molecule has 1 unspecified atom stereocenters. The van der Waals surface area contributed by atoms with Crippen LogP contribution in [0.25, 0.3) is 0 Å². The molecule has 2 aromatic rings. The molecule has 144 valence electrons. The Morgan fingerprint density at radius 1 is 1.22 bits per heavy atom. The number of hydrogen-bond donors (Lipinski definition) is 2. The van der Waals surface area contributed by atoms with Gasteiger partial charge in [-0.05, 0) is 37.5 Å². The van der Waals surface area contributed by atoms with Gasteiger partial charge in [-0.3, -0.25) is 14.9 Å². The summed E-state index contributed by atoms with van der Waals surface area (Å²) >= 11 is 0. The summed E-state index contributed by atoms with van der Waals surface area (Å²) in [6, 6.07) is 12.1. The molecule has 27 heavy (non-hydrogen) atoms. The van der Waals surface area contributed by atoms with Crippen molar-refractivity contribution >= 4 is 21.7 Å². The number of nitrogens with zero attached hydrogens (tertiary/aromatic N) is 1. The third kappa shape index (κ3) is 5.87. The van der Waals surface area contributed by atoms with Crippen LogP contribution in [0.2, 0.25) is 0 Å². The van der Waals surface area contributed by atoms with Crippen LogP contribution in [0.4, 0.5) is 5.69 Å². The molecule has 2 N–H and O–H groups in total. The van der Waals surface area contributed by atoms with Crippen molar-refractivity contribution in [3.8, 4) is 0 Å². The number of carboxylic acid groups (broad SMARTS) is 1. The first-order valence-corrected chi connectivity index (χ1v) is 9.70. The first-order valence-electron chi connectivity index (χ1n) is 8.22. The second-order valence-electron chi connectivity index (χ2n) is 6.15. The van der Waals surface area contributed by atoms with Crippen molar-refractivity contribution in [3.63, 3.8) is 0 Å². The fourth-order valence-electron chi connectivity index (χ4n) is 2.69. The van der Waals surface area contributed by atoms with Gasteiger partial charge >= 0.3 is 5.97 Å². The number of aryl methyl sites for hydroxylation is 1. The Morgan fingerprint density at radius 3 is 2.44 bits per heavy atom. The quantitative estimate of drug-likeness (QED) is 0.499. The summed E-state index contributed by atoms with van der Waals surface area (Å²) in [5.41, 5.74) is 0.934. The van der Waals surface area contributed by atoms with Crippen molar-refractivity contribution in [2.75, 3.05) is 0 Å². The summed E-state index contributed by atoms with van der Waals surface area (Å²) in [5.74, 6) is -1.02. The van der Waals surface area contributed by atoms with E-state index in [-0.39, 0.29) is 29.0 Å². The molecule has 0 saturated carbocycles. The summed E-state index contributed by atoms with van der Waals surface area (Å²) in [5, 5.41) is 19.8. The van der Waals surface area contributed by atoms with E-state index in [0.717, 1.165) is 11.6 Å². The summed E-state index contributed by atoms with van der Waals surface area (Å²) in [4.78, 5) is 21.1. The highest BCUT2D eigenvalue weighted by Gasteiger charge is 2.23. The van der Waals surface area contributed by atoms with Crippen molar-refractivity contribution in [1.82, 2.24) is 4.72 Å². The summed E-state index contributed by atoms with van der Waals surface area (Å²) in [6.07, 6.45) is 0.272. The fraction of sp³-hybridized carbons (Fsp3) is 0.278. The molecule has 0 amide bonds. The molecule has 8 nitrogen and oxygen atoms in total. The minimum absolute atomic E-state index is 0.0982. The largest absolute Gasteiger partial charge is 0.481 e. The molecule has 9 heteroatoms. The average Bonchev–Trinajstić information content (AvgIpc) is 2.60. The lowest BCUT2D eigenvalue weighted by molar-refractivity contribution is -0.385. The minimum atomic E-state index is -3.96. The van der Waals surface area contributed by atoms with Crippen LogP contribution >= 0.6 is 0 Å². The van der Waals surface area contributed by atoms with Gasteiger partial charge in [0.2, 0.25) is 10.0 Å². The average molecular weight is 392 g/mol. The third-order valence-electron chi connectivity index (χ3n) is 4.03. The molecule has 0 aliphatic heterocycles. The smallest absolute Gasteiger partial charge is 0.303 e. The summed E-state index contributed by atoms with van der Waals surface area (Å²) in [6.45, 7) is 1.46. The number of nitro benzene ring substituents is 1. The molecule has 0 aromatic heterocycles. The van der Waals surface area contributed by atoms with Crippen LogP contribution in [0.1, 0.15) is 24.0 Å². The van der Waals surface area contributed by atoms with Gasteiger partial charge in [0.15, 0.2) is 0 Å². The number of carbonyl (C=O) groups is 1. The van der Waals surface area contributed by atoms with Gasteiger partial charge in [0.25, 0.3) is 5.69 Å². The maximum Gasteiger partial charge on any atom is 0.303 e. The topological polar surface area (TPSA) is 127 Å². The molecule has 0 aliphatic carbocycles. The van der Waals surface area contributed by atoms with E-state index in [2.05, 4.69) is 4.72 Å². The van der Waals surface area contributed by atoms with E-state index >= 15 is 0 Å². The zero-order valence-corrected chi connectivity index (χ0v) is 15.5. The van der Waals surface area contributed by atoms with E-state index < -0.39 is 27.0 Å². The SMILES string of the molecule is Cc1cc(S(=O)(=O)NC(CCC(=O)O)Cc2ccccc2)ccc1[N+](=O)[O-]. The summed E-state index contributed by atoms with van der Waals surface area (Å²) < 4.78 is 27.9. The second-order valence-corrected chi connectivity index (χ2v) is 7.86. The molecule has 0 heterocycles. The van der Waals surface area contributed by atoms with E-state index in [0.29, 0.717) is 6.42 Å². The first-order chi connectivity index (χ1) is 12.7. The first kappa shape index (κ1) is 20.5. The van der Waals surface area contributed by atoms with Crippen LogP contribution in [-0.4, -0.2) is 30.5 Å². The Kier molecular flexibility index (Phi) is 6.65. The van der Waals surface area contributed by atoms with Crippen molar-refractivity contribution in [2.24, 2.45) is 0 Å². The number of rotatable bonds is 9. The molecule has 0 radical (unpaired) electrons. The predicted molar refractivity (Wildman–Crippen MR) is 99.0 cm³/mol. The highest BCUT2D eigenvalue weighted by Crippen LogP contribution is 2.22. The van der Waals surface area contributed by atoms with Crippen LogP contribution in [0.3, 0.4) is 0 Å². The van der Waals surface area contributed by atoms with Crippen LogP contribution in [0.15, 0.2) is 53.4 Å². The Morgan fingerprint density at radius 2 is 1.89 bits per heavy atom. The molecule has 0 aliphatic rings. The third-order valence-corrected chi connectivity index (χ3v) is 5.55. The number of nitrogens with one attached hydrogen (secondary N) is 1. The van der Waals surface area contributed by atoms with Gasteiger partial charge in [0, 0.05) is 24.1 Å². The lowest BCUT2D eigenvalue weighted by Crippen LogP contribution is -2.37. The highest BCUT2D eigenvalue weighted by atomic mass is 32.2. The van der Waals surface area contributed by atoms with Crippen LogP contribution < -0.4 is 4.72 Å². The van der Waals surface area contributed by atoms with Gasteiger partial charge in [0.05, 0.1) is 9.82 Å². The molecule has 0 bridgehead atoms. The molecule has 0 spiro atoms. The Bertz CT molecular complexity index is 928. The predicted octanol–water partition coefficient (Wildman–Crippen LogP) is 2.66. The molecule has 2 aromatic carbocycles. The highest BCUT2D eigenvalue weighted by molar-refractivity contribution is 7.89. The molecule has 0 saturated heterocycles. The van der Waals surface area contributed by atoms with Gasteiger partial charge in [-0.1, -0.05) is 30.3 Å². The normalized spacial score (nSPS) is 12.5. The standard InChI is InChI=1S/C18H20N2O6S/c1-13-11-16(8-9-17(13)20(23)24)27(25,26)19-15(7-10-18(21)22)12-14-5-3-2-4-6-14/h2-6,8-9,11,15,19H,7,10,12H2,1H3,(H,21,22). The van der Waals surface area contributed by atoms with Crippen LogP contribution in [0.5, 0.6) is 0 Å². The van der Waals surface area contributed by atoms with Crippen LogP contribution in [-0.2, 0) is 21.2 Å². The number of hydrogen-bond acceptors (Lipinski definition) is 5. The number of sulfonamides is 1. The second kappa shape index (κ2) is 8.74. The fourth-order valence-corrected chi connectivity index (χ4v) is 4.04. The Balaban J connectivity index is 2.24. The van der Waals surface area contributed by atoms with E-state index in [9.17, 15) is 23.3 Å². The van der Waals surface area contributed by atoms with Gasteiger partial charge in [-0.25, -0.2) is 13.1 Å². The van der Waals surface area contributed by atoms with E-state index in [1.165, 1.54) is 19.1 Å². The summed E-state index contributed by atoms with van der Waals surface area (Å²) in [7, 11) is -3.96. The molecule has 0 fully saturated rings. The maximum atomic E-state index is 12.7. The minimum Gasteiger partial charge on any atom is -0.481 e. The van der Waals surface area contributed by atoms with E-state index in [1.54, 1.807) is 0 Å². The van der Waals surface area contributed by atoms with E-state index in [1.807, 2.05) is 30.3 Å². The van der Waals surface area contributed by atoms with Crippen molar-refractivity contribution in [2.45, 2.75) is 37.1 Å². The number of aliphatic carboxylic acids is 1. The van der Waals surface area contributed by atoms with Crippen molar-refractivity contribution < 1.29 is 23.2 Å². The Labute approximate surface area is 157 Å². The molecular formula is C18H20N2O6S. The molecule has 2 rings (SSSR count). The van der Waals surface area contributed by atoms with Gasteiger partial charge in [0.1, 0.15) is 0 Å². The molecular weight excluding hydrogens is 372 g/mol. The van der Waals surface area contributed by atoms with E-state index in [4.69, 9.17) is 5.11 Å². The van der Waals surface area contributed by atoms with Crippen LogP contribution in [0, 0.1) is 17.0 Å². The van der Waals surface area contributed by atoms with Gasteiger partial charge < -0.3 is 5.11 Å². The monoisotopic (exact) mass is 392 g/mol. The number of carboxylic acids is 1. The van der Waals surface area contributed by atoms with Crippen molar-refractivity contribution in [1.29, 1.82) is 0 Å².